The first-order chi connectivity index (χ1) is 36.8. The highest BCUT2D eigenvalue weighted by Crippen LogP contribution is 2.37. The molecule has 6 heterocycles. The van der Waals surface area contributed by atoms with Crippen molar-refractivity contribution in [2.24, 2.45) is 0 Å². The van der Waals surface area contributed by atoms with Gasteiger partial charge in [0, 0.05) is 75.5 Å². The van der Waals surface area contributed by atoms with E-state index < -0.39 is 0 Å². The smallest absolute Gasteiger partial charge is 0.213 e. The van der Waals surface area contributed by atoms with Crippen molar-refractivity contribution in [2.45, 2.75) is 83.1 Å². The van der Waals surface area contributed by atoms with E-state index in [0.717, 1.165) is 11.1 Å². The molecule has 12 nitrogen and oxygen atoms in total. The van der Waals surface area contributed by atoms with Gasteiger partial charge < -0.3 is 0 Å². The van der Waals surface area contributed by atoms with Crippen LogP contribution in [0.3, 0.4) is 0 Å². The van der Waals surface area contributed by atoms with Crippen molar-refractivity contribution in [1.82, 2.24) is 29.9 Å². The van der Waals surface area contributed by atoms with Gasteiger partial charge in [-0.15, -0.1) is 34.0 Å². The molecule has 3 aliphatic rings. The Kier molecular flexibility index (Phi) is 23.6. The molecule has 0 unspecified atom stereocenters. The lowest BCUT2D eigenvalue weighted by Gasteiger charge is -2.11. The fourth-order valence-electron chi connectivity index (χ4n) is 7.10. The maximum absolute atomic E-state index is 12.5. The molecule has 15 heteroatoms. The maximum Gasteiger partial charge on any atom is 0.213 e. The third-order valence-corrected chi connectivity index (χ3v) is 13.4. The van der Waals surface area contributed by atoms with Gasteiger partial charge in [-0.3, -0.25) is 43.7 Å². The first-order valence-electron chi connectivity index (χ1n) is 25.1. The van der Waals surface area contributed by atoms with Crippen LogP contribution in [0.25, 0.3) is 31.8 Å². The second-order valence-corrected chi connectivity index (χ2v) is 16.9. The molecule has 0 saturated carbocycles. The summed E-state index contributed by atoms with van der Waals surface area (Å²) in [4.78, 5) is 101. The van der Waals surface area contributed by atoms with Gasteiger partial charge in [-0.25, -0.2) is 15.0 Å². The Morgan fingerprint density at radius 3 is 1.01 bits per heavy atom. The van der Waals surface area contributed by atoms with Gasteiger partial charge in [0.05, 0.1) is 5.69 Å². The van der Waals surface area contributed by atoms with Gasteiger partial charge in [-0.05, 0) is 36.4 Å². The lowest BCUT2D eigenvalue weighted by molar-refractivity contribution is 0.0979. The molecule has 12 rings (SSSR count). The number of aromatic nitrogens is 6. The number of benzene rings is 3. The van der Waals surface area contributed by atoms with E-state index in [9.17, 15) is 28.8 Å². The largest absolute Gasteiger partial charge is 0.288 e. The Morgan fingerprint density at radius 2 is 0.653 bits per heavy atom. The number of hydrogen-bond donors (Lipinski definition) is 0. The van der Waals surface area contributed by atoms with Gasteiger partial charge in [0.25, 0.3) is 0 Å². The van der Waals surface area contributed by atoms with Crippen LogP contribution in [0.4, 0.5) is 0 Å². The molecule has 75 heavy (non-hydrogen) atoms. The highest BCUT2D eigenvalue weighted by molar-refractivity contribution is 7.18. The summed E-state index contributed by atoms with van der Waals surface area (Å²) in [5.41, 5.74) is 5.73. The predicted octanol–water partition coefficient (Wildman–Crippen LogP) is 15.1. The maximum atomic E-state index is 12.5. The van der Waals surface area contributed by atoms with E-state index in [1.165, 1.54) is 34.0 Å². The van der Waals surface area contributed by atoms with Crippen molar-refractivity contribution in [3.05, 3.63) is 211 Å². The molecule has 6 aromatic heterocycles. The molecule has 0 spiro atoms. The van der Waals surface area contributed by atoms with E-state index in [2.05, 4.69) is 29.9 Å². The Balaban J connectivity index is 0.000000221. The highest BCUT2D eigenvalue weighted by atomic mass is 32.1. The van der Waals surface area contributed by atoms with Crippen LogP contribution in [0.15, 0.2) is 146 Å². The molecule has 3 aromatic carbocycles. The van der Waals surface area contributed by atoms with Crippen molar-refractivity contribution in [2.75, 3.05) is 0 Å². The van der Waals surface area contributed by atoms with Crippen LogP contribution in [0.5, 0.6) is 0 Å². The van der Waals surface area contributed by atoms with Crippen molar-refractivity contribution in [3.63, 3.8) is 0 Å². The van der Waals surface area contributed by atoms with Gasteiger partial charge in [0.1, 0.15) is 46.7 Å². The van der Waals surface area contributed by atoms with Crippen molar-refractivity contribution >= 4 is 68.7 Å². The summed E-state index contributed by atoms with van der Waals surface area (Å²) in [5.74, 6) is -0.965. The van der Waals surface area contributed by atoms with Gasteiger partial charge in [-0.1, -0.05) is 162 Å². The number of thiazole rings is 3. The molecule has 0 atom stereocenters. The second-order valence-electron chi connectivity index (χ2n) is 13.9. The number of carbonyl (C=O) groups excluding carboxylic acids is 6. The SMILES string of the molecule is CC.CC.CC.CC.CC.CC.O=C1c2ccccc2C(=O)c2sc(-c3ccccn3)nc21.O=C1c2ccccc2C(=O)c2sc(-c3cccnc3)nc21.O=C1c2ccccc2C(=O)c2sc(-c3ccncc3)nc21. The van der Waals surface area contributed by atoms with Crippen LogP contribution >= 0.6 is 34.0 Å². The second kappa shape index (κ2) is 29.7. The predicted molar refractivity (Wildman–Crippen MR) is 304 cm³/mol. The lowest BCUT2D eigenvalue weighted by Crippen LogP contribution is -2.19. The third-order valence-electron chi connectivity index (χ3n) is 10.1. The molecule has 0 saturated heterocycles. The molecule has 0 amide bonds. The summed E-state index contributed by atoms with van der Waals surface area (Å²) in [7, 11) is 0. The Bertz CT molecular complexity index is 2850. The van der Waals surface area contributed by atoms with Crippen molar-refractivity contribution < 1.29 is 28.8 Å². The number of ketones is 6. The molecule has 9 aromatic rings. The number of rotatable bonds is 3. The van der Waals surface area contributed by atoms with E-state index in [1.807, 2.05) is 119 Å². The summed E-state index contributed by atoms with van der Waals surface area (Å²) in [6, 6.07) is 33.3. The normalized spacial score (nSPS) is 11.4. The molecule has 3 aliphatic carbocycles. The van der Waals surface area contributed by atoms with E-state index in [1.54, 1.807) is 110 Å². The molecule has 0 N–H and O–H groups in total. The number of pyridine rings is 3. The summed E-state index contributed by atoms with van der Waals surface area (Å²) in [6.45, 7) is 24.0. The van der Waals surface area contributed by atoms with Crippen LogP contribution < -0.4 is 0 Å². The topological polar surface area (TPSA) is 180 Å². The third kappa shape index (κ3) is 12.9. The quantitative estimate of drug-likeness (QED) is 0.164. The summed E-state index contributed by atoms with van der Waals surface area (Å²) in [5, 5.41) is 1.90. The first kappa shape index (κ1) is 59.6. The molecule has 0 radical (unpaired) electrons. The van der Waals surface area contributed by atoms with Crippen molar-refractivity contribution in [1.29, 1.82) is 0 Å². The average molecular weight is 1060 g/mol. The summed E-state index contributed by atoms with van der Waals surface area (Å²) >= 11 is 3.72. The Morgan fingerprint density at radius 1 is 0.307 bits per heavy atom. The molecule has 0 bridgehead atoms. The van der Waals surface area contributed by atoms with E-state index in [0.29, 0.717) is 68.7 Å². The minimum atomic E-state index is -0.196. The lowest BCUT2D eigenvalue weighted by atomic mass is 9.91. The van der Waals surface area contributed by atoms with Crippen LogP contribution in [0, 0.1) is 0 Å². The van der Waals surface area contributed by atoms with E-state index in [-0.39, 0.29) is 51.8 Å². The number of fused-ring (bicyclic) bond motifs is 6. The molecular weight excluding hydrogens is 997 g/mol. The zero-order chi connectivity index (χ0) is 55.2. The van der Waals surface area contributed by atoms with Gasteiger partial charge >= 0.3 is 0 Å². The Labute approximate surface area is 451 Å². The fraction of sp³-hybridized carbons (Fsp3) is 0.200. The van der Waals surface area contributed by atoms with E-state index >= 15 is 0 Å². The van der Waals surface area contributed by atoms with Gasteiger partial charge in [-0.2, -0.15) is 0 Å². The molecule has 0 fully saturated rings. The monoisotopic (exact) mass is 1060 g/mol. The van der Waals surface area contributed by atoms with Gasteiger partial charge in [0.15, 0.2) is 0 Å². The zero-order valence-corrected chi connectivity index (χ0v) is 46.7. The van der Waals surface area contributed by atoms with Crippen LogP contribution in [0.2, 0.25) is 0 Å². The summed E-state index contributed by atoms with van der Waals surface area (Å²) < 4.78 is 0. The summed E-state index contributed by atoms with van der Waals surface area (Å²) in [6.07, 6.45) is 8.33. The molecular formula is C60H60N6O6S3. The van der Waals surface area contributed by atoms with Gasteiger partial charge in [0.2, 0.25) is 34.7 Å². The zero-order valence-electron chi connectivity index (χ0n) is 44.2. The fourth-order valence-corrected chi connectivity index (χ4v) is 10.1. The standard InChI is InChI=1S/3C16H8N2O2S.6C2H6/c19-13-10-5-1-2-6-11(10)14(20)15-12(13)18-16(21-15)9-4-3-7-17-8-9;19-13-9-5-1-2-6-10(9)14(20)15-12(13)18-16(21-15)11-7-3-4-8-17-11;19-13-10-3-1-2-4-11(10)14(20)15-12(13)18-16(21-15)9-5-7-17-8-6-9;6*1-2/h3*1-8H;6*1-2H3. The van der Waals surface area contributed by atoms with Crippen LogP contribution in [-0.2, 0) is 0 Å². The minimum Gasteiger partial charge on any atom is -0.288 e. The number of carbonyl (C=O) groups is 6. The number of nitrogens with zero attached hydrogens (tertiary/aromatic N) is 6. The minimum absolute atomic E-state index is 0.127. The van der Waals surface area contributed by atoms with Crippen molar-refractivity contribution in [3.8, 4) is 31.8 Å². The van der Waals surface area contributed by atoms with Crippen LogP contribution in [0.1, 0.15) is 177 Å². The highest BCUT2D eigenvalue weighted by Gasteiger charge is 2.36. The van der Waals surface area contributed by atoms with E-state index in [4.69, 9.17) is 0 Å². The number of hydrogen-bond acceptors (Lipinski definition) is 15. The average Bonchev–Trinajstić information content (AvgIpc) is 4.29. The first-order valence-corrected chi connectivity index (χ1v) is 27.5. The molecule has 384 valence electrons. The Hall–Kier alpha value is -7.98. The van der Waals surface area contributed by atoms with Crippen LogP contribution in [-0.4, -0.2) is 64.6 Å². The molecule has 0 aliphatic heterocycles.